The minimum Gasteiger partial charge on any atom is -0.469 e. The van der Waals surface area contributed by atoms with Crippen molar-refractivity contribution in [3.8, 4) is 0 Å². The molecule has 1 rings (SSSR count). The topological polar surface area (TPSA) is 52.3 Å². The molecule has 0 bridgehead atoms. The number of rotatable bonds is 5. The van der Waals surface area contributed by atoms with E-state index in [1.165, 1.54) is 12.0 Å². The summed E-state index contributed by atoms with van der Waals surface area (Å²) in [6.07, 6.45) is 1.22. The van der Waals surface area contributed by atoms with Crippen molar-refractivity contribution in [1.29, 1.82) is 0 Å². The number of carbonyl (C=O) groups excluding carboxylic acids is 1. The highest BCUT2D eigenvalue weighted by Gasteiger charge is 2.16. The van der Waals surface area contributed by atoms with Crippen LogP contribution in [0.2, 0.25) is 0 Å². The molecule has 0 saturated carbocycles. The van der Waals surface area contributed by atoms with E-state index in [1.807, 2.05) is 6.92 Å². The Morgan fingerprint density at radius 3 is 2.76 bits per heavy atom. The standard InChI is InChI=1S/C12H18BrNO2S/c1-7(5-12(15)16-3)4-10(14)11-6-9(13)8(2)17-11/h6-7,10H,4-5,14H2,1-3H3. The average molecular weight is 320 g/mol. The van der Waals surface area contributed by atoms with Crippen LogP contribution >= 0.6 is 27.3 Å². The van der Waals surface area contributed by atoms with Crippen LogP contribution in [0.3, 0.4) is 0 Å². The number of hydrogen-bond donors (Lipinski definition) is 1. The highest BCUT2D eigenvalue weighted by Crippen LogP contribution is 2.32. The predicted molar refractivity (Wildman–Crippen MR) is 74.1 cm³/mol. The van der Waals surface area contributed by atoms with E-state index in [1.54, 1.807) is 11.3 Å². The summed E-state index contributed by atoms with van der Waals surface area (Å²) in [6, 6.07) is 2.06. The second-order valence-electron chi connectivity index (χ2n) is 4.28. The SMILES string of the molecule is COC(=O)CC(C)CC(N)c1cc(Br)c(C)s1. The van der Waals surface area contributed by atoms with Crippen LogP contribution in [0, 0.1) is 12.8 Å². The lowest BCUT2D eigenvalue weighted by Gasteiger charge is -2.15. The van der Waals surface area contributed by atoms with Crippen LogP contribution in [-0.4, -0.2) is 13.1 Å². The van der Waals surface area contributed by atoms with Gasteiger partial charge in [-0.3, -0.25) is 4.79 Å². The zero-order valence-corrected chi connectivity index (χ0v) is 12.7. The number of halogens is 1. The summed E-state index contributed by atoms with van der Waals surface area (Å²) in [5.74, 6) is 0.0619. The van der Waals surface area contributed by atoms with E-state index in [9.17, 15) is 4.79 Å². The molecule has 2 N–H and O–H groups in total. The van der Waals surface area contributed by atoms with Crippen molar-refractivity contribution in [2.45, 2.75) is 32.7 Å². The normalized spacial score (nSPS) is 14.4. The van der Waals surface area contributed by atoms with Crippen molar-refractivity contribution in [2.75, 3.05) is 7.11 Å². The summed E-state index contributed by atoms with van der Waals surface area (Å²) in [5, 5.41) is 0. The number of thiophene rings is 1. The Bertz CT molecular complexity index is 372. The van der Waals surface area contributed by atoms with E-state index in [0.717, 1.165) is 15.8 Å². The summed E-state index contributed by atoms with van der Waals surface area (Å²) >= 11 is 5.18. The van der Waals surface area contributed by atoms with Gasteiger partial charge in [0.15, 0.2) is 0 Å². The van der Waals surface area contributed by atoms with Crippen molar-refractivity contribution in [1.82, 2.24) is 0 Å². The molecule has 0 saturated heterocycles. The first-order valence-corrected chi connectivity index (χ1v) is 7.13. The molecule has 0 amide bonds. The Morgan fingerprint density at radius 1 is 1.65 bits per heavy atom. The van der Waals surface area contributed by atoms with Gasteiger partial charge in [-0.1, -0.05) is 6.92 Å². The summed E-state index contributed by atoms with van der Waals surface area (Å²) in [5.41, 5.74) is 6.13. The zero-order valence-electron chi connectivity index (χ0n) is 10.3. The number of hydrogen-bond acceptors (Lipinski definition) is 4. The maximum atomic E-state index is 11.1. The zero-order chi connectivity index (χ0) is 13.0. The van der Waals surface area contributed by atoms with E-state index in [2.05, 4.69) is 33.7 Å². The third-order valence-electron chi connectivity index (χ3n) is 2.64. The number of esters is 1. The van der Waals surface area contributed by atoms with E-state index < -0.39 is 0 Å². The molecule has 5 heteroatoms. The van der Waals surface area contributed by atoms with Gasteiger partial charge >= 0.3 is 5.97 Å². The molecule has 96 valence electrons. The third kappa shape index (κ3) is 4.41. The molecule has 17 heavy (non-hydrogen) atoms. The van der Waals surface area contributed by atoms with Crippen LogP contribution in [0.4, 0.5) is 0 Å². The van der Waals surface area contributed by atoms with Gasteiger partial charge in [0, 0.05) is 26.7 Å². The summed E-state index contributed by atoms with van der Waals surface area (Å²) in [4.78, 5) is 13.5. The molecule has 0 aromatic carbocycles. The van der Waals surface area contributed by atoms with Gasteiger partial charge in [0.25, 0.3) is 0 Å². The Morgan fingerprint density at radius 2 is 2.29 bits per heavy atom. The number of nitrogens with two attached hydrogens (primary N) is 1. The first-order valence-electron chi connectivity index (χ1n) is 5.52. The molecule has 0 aliphatic rings. The van der Waals surface area contributed by atoms with Crippen molar-refractivity contribution < 1.29 is 9.53 Å². The van der Waals surface area contributed by atoms with Gasteiger partial charge in [0.2, 0.25) is 0 Å². The van der Waals surface area contributed by atoms with E-state index in [0.29, 0.717) is 6.42 Å². The van der Waals surface area contributed by atoms with Crippen LogP contribution in [0.5, 0.6) is 0 Å². The number of carbonyl (C=O) groups is 1. The molecule has 1 aromatic rings. The average Bonchev–Trinajstić information content (AvgIpc) is 2.59. The number of ether oxygens (including phenoxy) is 1. The van der Waals surface area contributed by atoms with Gasteiger partial charge in [-0.15, -0.1) is 11.3 Å². The third-order valence-corrected chi connectivity index (χ3v) is 4.91. The molecule has 0 radical (unpaired) electrons. The van der Waals surface area contributed by atoms with Crippen molar-refractivity contribution in [2.24, 2.45) is 11.7 Å². The lowest BCUT2D eigenvalue weighted by atomic mass is 9.98. The Labute approximate surface area is 114 Å². The Balaban J connectivity index is 2.54. The molecule has 1 aromatic heterocycles. The molecule has 2 atom stereocenters. The number of aryl methyl sites for hydroxylation is 1. The largest absolute Gasteiger partial charge is 0.469 e. The fraction of sp³-hybridized carbons (Fsp3) is 0.583. The van der Waals surface area contributed by atoms with Crippen LogP contribution in [0.1, 0.15) is 35.6 Å². The fourth-order valence-electron chi connectivity index (χ4n) is 1.67. The highest BCUT2D eigenvalue weighted by molar-refractivity contribution is 9.10. The van der Waals surface area contributed by atoms with Gasteiger partial charge in [-0.2, -0.15) is 0 Å². The summed E-state index contributed by atoms with van der Waals surface area (Å²) < 4.78 is 5.75. The molecule has 0 aliphatic carbocycles. The lowest BCUT2D eigenvalue weighted by Crippen LogP contribution is -2.15. The Kier molecular flexibility index (Phi) is 5.62. The first-order chi connectivity index (χ1) is 7.93. The van der Waals surface area contributed by atoms with Gasteiger partial charge in [0.1, 0.15) is 0 Å². The quantitative estimate of drug-likeness (QED) is 0.846. The van der Waals surface area contributed by atoms with Gasteiger partial charge in [0.05, 0.1) is 7.11 Å². The maximum Gasteiger partial charge on any atom is 0.305 e. The monoisotopic (exact) mass is 319 g/mol. The second-order valence-corrected chi connectivity index (χ2v) is 6.42. The first kappa shape index (κ1) is 14.7. The van der Waals surface area contributed by atoms with Crippen molar-refractivity contribution in [3.63, 3.8) is 0 Å². The molecule has 2 unspecified atom stereocenters. The van der Waals surface area contributed by atoms with Crippen LogP contribution in [0.25, 0.3) is 0 Å². The van der Waals surface area contributed by atoms with Crippen molar-refractivity contribution >= 4 is 33.2 Å². The fourth-order valence-corrected chi connectivity index (χ4v) is 3.24. The van der Waals surface area contributed by atoms with Crippen LogP contribution in [-0.2, 0) is 9.53 Å². The minimum absolute atomic E-state index is 0.00958. The molecule has 0 aliphatic heterocycles. The molecular weight excluding hydrogens is 302 g/mol. The predicted octanol–water partition coefficient (Wildman–Crippen LogP) is 3.41. The number of methoxy groups -OCH3 is 1. The molecule has 1 heterocycles. The van der Waals surface area contributed by atoms with E-state index in [4.69, 9.17) is 5.73 Å². The molecule has 0 spiro atoms. The minimum atomic E-state index is -0.173. The second kappa shape index (κ2) is 6.52. The summed E-state index contributed by atoms with van der Waals surface area (Å²) in [6.45, 7) is 4.08. The molecular formula is C12H18BrNO2S. The maximum absolute atomic E-state index is 11.1. The van der Waals surface area contributed by atoms with Gasteiger partial charge in [-0.25, -0.2) is 0 Å². The molecule has 0 fully saturated rings. The summed E-state index contributed by atoms with van der Waals surface area (Å²) in [7, 11) is 1.41. The van der Waals surface area contributed by atoms with Crippen LogP contribution in [0.15, 0.2) is 10.5 Å². The van der Waals surface area contributed by atoms with Gasteiger partial charge in [-0.05, 0) is 41.3 Å². The Hall–Kier alpha value is -0.390. The van der Waals surface area contributed by atoms with Gasteiger partial charge < -0.3 is 10.5 Å². The highest BCUT2D eigenvalue weighted by atomic mass is 79.9. The lowest BCUT2D eigenvalue weighted by molar-refractivity contribution is -0.141. The van der Waals surface area contributed by atoms with E-state index >= 15 is 0 Å². The van der Waals surface area contributed by atoms with E-state index in [-0.39, 0.29) is 17.9 Å². The van der Waals surface area contributed by atoms with Crippen molar-refractivity contribution in [3.05, 3.63) is 20.3 Å². The van der Waals surface area contributed by atoms with Crippen LogP contribution < -0.4 is 5.73 Å². The smallest absolute Gasteiger partial charge is 0.305 e. The molecule has 3 nitrogen and oxygen atoms in total.